The molecule has 4 rings (SSSR count). The summed E-state index contributed by atoms with van der Waals surface area (Å²) in [4.78, 5) is 17.5. The molecule has 8 nitrogen and oxygen atoms in total. The highest BCUT2D eigenvalue weighted by molar-refractivity contribution is 6.30. The minimum absolute atomic E-state index is 0.319. The molecule has 182 valence electrons. The topological polar surface area (TPSA) is 92.1 Å². The van der Waals surface area contributed by atoms with E-state index < -0.39 is 5.60 Å². The number of nitrogens with one attached hydrogen (secondary N) is 1. The van der Waals surface area contributed by atoms with Crippen LogP contribution in [-0.4, -0.2) is 37.8 Å². The van der Waals surface area contributed by atoms with Gasteiger partial charge in [0.05, 0.1) is 21.3 Å². The van der Waals surface area contributed by atoms with Crippen LogP contribution in [0.5, 0.6) is 23.0 Å². The van der Waals surface area contributed by atoms with Gasteiger partial charge in [-0.25, -0.2) is 4.98 Å². The molecule has 0 radical (unpaired) electrons. The van der Waals surface area contributed by atoms with Crippen LogP contribution in [0.15, 0.2) is 59.0 Å². The highest BCUT2D eigenvalue weighted by atomic mass is 35.5. The minimum atomic E-state index is -1.13. The quantitative estimate of drug-likeness (QED) is 0.321. The summed E-state index contributed by atoms with van der Waals surface area (Å²) in [5, 5.41) is 3.47. The molecule has 0 spiro atoms. The third kappa shape index (κ3) is 5.12. The van der Waals surface area contributed by atoms with Crippen LogP contribution in [0.25, 0.3) is 22.6 Å². The van der Waals surface area contributed by atoms with E-state index in [9.17, 15) is 4.79 Å². The van der Waals surface area contributed by atoms with Crippen molar-refractivity contribution in [1.29, 1.82) is 0 Å². The molecule has 0 aliphatic heterocycles. The second-order valence-electron chi connectivity index (χ2n) is 8.14. The summed E-state index contributed by atoms with van der Waals surface area (Å²) < 4.78 is 28.0. The lowest BCUT2D eigenvalue weighted by Gasteiger charge is -2.25. The number of fused-ring (bicyclic) bond motifs is 1. The van der Waals surface area contributed by atoms with Crippen molar-refractivity contribution in [1.82, 2.24) is 4.98 Å². The monoisotopic (exact) mass is 496 g/mol. The summed E-state index contributed by atoms with van der Waals surface area (Å²) in [5.41, 5.74) is 1.21. The molecule has 9 heteroatoms. The Morgan fingerprint density at radius 1 is 0.943 bits per heavy atom. The number of benzene rings is 3. The van der Waals surface area contributed by atoms with Crippen molar-refractivity contribution in [2.45, 2.75) is 19.4 Å². The molecule has 0 saturated heterocycles. The molecule has 3 aromatic carbocycles. The van der Waals surface area contributed by atoms with E-state index in [0.717, 1.165) is 0 Å². The maximum atomic E-state index is 12.9. The molecule has 1 heterocycles. The lowest BCUT2D eigenvalue weighted by atomic mass is 10.1. The number of carbonyl (C=O) groups excluding carboxylic acids is 1. The number of oxazole rings is 1. The zero-order valence-corrected chi connectivity index (χ0v) is 20.7. The predicted molar refractivity (Wildman–Crippen MR) is 134 cm³/mol. The summed E-state index contributed by atoms with van der Waals surface area (Å²) in [6.07, 6.45) is 0. The van der Waals surface area contributed by atoms with Crippen LogP contribution in [0.4, 0.5) is 5.69 Å². The first-order chi connectivity index (χ1) is 16.7. The van der Waals surface area contributed by atoms with Gasteiger partial charge in [0.1, 0.15) is 11.3 Å². The molecule has 0 unspecified atom stereocenters. The summed E-state index contributed by atoms with van der Waals surface area (Å²) in [7, 11) is 4.62. The van der Waals surface area contributed by atoms with E-state index in [2.05, 4.69) is 10.3 Å². The number of hydrogen-bond acceptors (Lipinski definition) is 7. The Hall–Kier alpha value is -3.91. The Labute approximate surface area is 207 Å². The number of anilines is 1. The first-order valence-electron chi connectivity index (χ1n) is 10.7. The number of carbonyl (C=O) groups is 1. The van der Waals surface area contributed by atoms with Gasteiger partial charge in [-0.15, -0.1) is 0 Å². The number of aromatic nitrogens is 1. The third-order valence-corrected chi connectivity index (χ3v) is 5.54. The Morgan fingerprint density at radius 3 is 2.20 bits per heavy atom. The number of rotatable bonds is 8. The zero-order chi connectivity index (χ0) is 25.2. The maximum Gasteiger partial charge on any atom is 0.267 e. The van der Waals surface area contributed by atoms with Gasteiger partial charge in [0, 0.05) is 16.3 Å². The molecular weight excluding hydrogens is 472 g/mol. The average Bonchev–Trinajstić information content (AvgIpc) is 3.27. The van der Waals surface area contributed by atoms with Crippen LogP contribution in [0, 0.1) is 0 Å². The van der Waals surface area contributed by atoms with E-state index in [1.807, 2.05) is 0 Å². The van der Waals surface area contributed by atoms with Crippen molar-refractivity contribution in [3.63, 3.8) is 0 Å². The Balaban J connectivity index is 1.57. The molecular formula is C26H25ClN2O6. The van der Waals surface area contributed by atoms with Gasteiger partial charge in [0.15, 0.2) is 22.7 Å². The van der Waals surface area contributed by atoms with Crippen LogP contribution in [-0.2, 0) is 4.79 Å². The molecule has 1 N–H and O–H groups in total. The first kappa shape index (κ1) is 24.2. The van der Waals surface area contributed by atoms with E-state index in [1.165, 1.54) is 7.11 Å². The predicted octanol–water partition coefficient (Wildman–Crippen LogP) is 5.97. The minimum Gasteiger partial charge on any atom is -0.493 e. The molecule has 0 aliphatic rings. The van der Waals surface area contributed by atoms with Gasteiger partial charge >= 0.3 is 0 Å². The lowest BCUT2D eigenvalue weighted by Crippen LogP contribution is -2.42. The maximum absolute atomic E-state index is 12.9. The largest absolute Gasteiger partial charge is 0.493 e. The molecule has 0 aliphatic carbocycles. The van der Waals surface area contributed by atoms with Crippen LogP contribution >= 0.6 is 11.6 Å². The standard InChI is InChI=1S/C26H25ClN2O6/c1-26(2,35-18-9-6-16(27)7-10-18)25(30)28-17-8-11-20-19(14-17)29-24(34-20)15-12-21(31-3)23(33-5)22(13-15)32-4/h6-14H,1-5H3,(H,28,30). The smallest absolute Gasteiger partial charge is 0.267 e. The highest BCUT2D eigenvalue weighted by Crippen LogP contribution is 2.41. The molecule has 0 fully saturated rings. The van der Waals surface area contributed by atoms with E-state index in [-0.39, 0.29) is 5.91 Å². The van der Waals surface area contributed by atoms with E-state index in [1.54, 1.807) is 82.7 Å². The van der Waals surface area contributed by atoms with Gasteiger partial charge in [-0.3, -0.25) is 4.79 Å². The van der Waals surface area contributed by atoms with Gasteiger partial charge in [-0.05, 0) is 68.4 Å². The normalized spacial score (nSPS) is 11.3. The van der Waals surface area contributed by atoms with Crippen molar-refractivity contribution in [3.8, 4) is 34.5 Å². The average molecular weight is 497 g/mol. The van der Waals surface area contributed by atoms with Gasteiger partial charge < -0.3 is 28.7 Å². The summed E-state index contributed by atoms with van der Waals surface area (Å²) >= 11 is 5.92. The van der Waals surface area contributed by atoms with E-state index in [4.69, 9.17) is 35.0 Å². The Bertz CT molecular complexity index is 1340. The SMILES string of the molecule is COc1cc(-c2nc3cc(NC(=O)C(C)(C)Oc4ccc(Cl)cc4)ccc3o2)cc(OC)c1OC. The molecule has 1 aromatic heterocycles. The van der Waals surface area contributed by atoms with Crippen molar-refractivity contribution in [2.24, 2.45) is 0 Å². The number of amides is 1. The van der Waals surface area contributed by atoms with Gasteiger partial charge in [-0.1, -0.05) is 11.6 Å². The molecule has 0 bridgehead atoms. The van der Waals surface area contributed by atoms with E-state index >= 15 is 0 Å². The number of nitrogens with zero attached hydrogens (tertiary/aromatic N) is 1. The summed E-state index contributed by atoms with van der Waals surface area (Å²) in [5.74, 6) is 2.04. The number of halogens is 1. The van der Waals surface area contributed by atoms with Crippen molar-refractivity contribution in [3.05, 3.63) is 59.6 Å². The summed E-state index contributed by atoms with van der Waals surface area (Å²) in [6.45, 7) is 3.38. The van der Waals surface area contributed by atoms with Crippen LogP contribution < -0.4 is 24.3 Å². The number of ether oxygens (including phenoxy) is 4. The molecule has 1 amide bonds. The molecule has 0 atom stereocenters. The van der Waals surface area contributed by atoms with Crippen molar-refractivity contribution >= 4 is 34.3 Å². The Morgan fingerprint density at radius 2 is 1.60 bits per heavy atom. The second-order valence-corrected chi connectivity index (χ2v) is 8.57. The Kier molecular flexibility index (Phi) is 6.75. The second kappa shape index (κ2) is 9.76. The van der Waals surface area contributed by atoms with Crippen molar-refractivity contribution < 1.29 is 28.2 Å². The first-order valence-corrected chi connectivity index (χ1v) is 11.1. The van der Waals surface area contributed by atoms with E-state index in [0.29, 0.717) is 56.3 Å². The zero-order valence-electron chi connectivity index (χ0n) is 20.0. The lowest BCUT2D eigenvalue weighted by molar-refractivity contribution is -0.128. The van der Waals surface area contributed by atoms with Crippen molar-refractivity contribution in [2.75, 3.05) is 26.6 Å². The van der Waals surface area contributed by atoms with Crippen LogP contribution in [0.2, 0.25) is 5.02 Å². The molecule has 35 heavy (non-hydrogen) atoms. The fourth-order valence-corrected chi connectivity index (χ4v) is 3.58. The molecule has 4 aromatic rings. The number of methoxy groups -OCH3 is 3. The van der Waals surface area contributed by atoms with Gasteiger partial charge in [0.25, 0.3) is 5.91 Å². The fraction of sp³-hybridized carbons (Fsp3) is 0.231. The summed E-state index contributed by atoms with van der Waals surface area (Å²) in [6, 6.07) is 15.6. The van der Waals surface area contributed by atoms with Crippen LogP contribution in [0.1, 0.15) is 13.8 Å². The third-order valence-electron chi connectivity index (χ3n) is 5.29. The van der Waals surface area contributed by atoms with Gasteiger partial charge in [-0.2, -0.15) is 0 Å². The number of hydrogen-bond donors (Lipinski definition) is 1. The van der Waals surface area contributed by atoms with Crippen LogP contribution in [0.3, 0.4) is 0 Å². The fourth-order valence-electron chi connectivity index (χ4n) is 3.46. The highest BCUT2D eigenvalue weighted by Gasteiger charge is 2.30. The molecule has 0 saturated carbocycles. The van der Waals surface area contributed by atoms with Gasteiger partial charge in [0.2, 0.25) is 11.6 Å².